The zero-order valence-corrected chi connectivity index (χ0v) is 17.7. The van der Waals surface area contributed by atoms with E-state index in [1.165, 1.54) is 64.6 Å². The van der Waals surface area contributed by atoms with Gasteiger partial charge in [-0.05, 0) is 63.6 Å². The van der Waals surface area contributed by atoms with Crippen molar-refractivity contribution >= 4 is 29.9 Å². The van der Waals surface area contributed by atoms with Gasteiger partial charge in [0.25, 0.3) is 0 Å². The normalized spacial score (nSPS) is 26.0. The molecule has 0 spiro atoms. The standard InChI is InChI=1S/C18H36N4.HI/c1-16-7-9-17(10-8-16)15-21(3)18(19-2)20-11-6-14-22-12-4-5-13-22;/h16-17H,4-15H2,1-3H3,(H,19,20);1H. The molecule has 2 aliphatic rings. The molecular formula is C18H37IN4. The molecule has 0 aromatic carbocycles. The molecule has 23 heavy (non-hydrogen) atoms. The Labute approximate surface area is 160 Å². The van der Waals surface area contributed by atoms with E-state index >= 15 is 0 Å². The molecule has 0 unspecified atom stereocenters. The van der Waals surface area contributed by atoms with Crippen molar-refractivity contribution < 1.29 is 0 Å². The molecule has 0 bridgehead atoms. The summed E-state index contributed by atoms with van der Waals surface area (Å²) in [6.45, 7) is 8.41. The fourth-order valence-corrected chi connectivity index (χ4v) is 3.88. The first-order valence-corrected chi connectivity index (χ1v) is 9.33. The lowest BCUT2D eigenvalue weighted by Gasteiger charge is -2.31. The fraction of sp³-hybridized carbons (Fsp3) is 0.944. The summed E-state index contributed by atoms with van der Waals surface area (Å²) >= 11 is 0. The summed E-state index contributed by atoms with van der Waals surface area (Å²) in [4.78, 5) is 9.37. The van der Waals surface area contributed by atoms with E-state index in [1.54, 1.807) is 0 Å². The van der Waals surface area contributed by atoms with Crippen molar-refractivity contribution in [3.05, 3.63) is 0 Å². The average Bonchev–Trinajstić information content (AvgIpc) is 3.03. The number of aliphatic imine (C=N–C) groups is 1. The number of nitrogens with one attached hydrogen (secondary N) is 1. The third-order valence-corrected chi connectivity index (χ3v) is 5.37. The highest BCUT2D eigenvalue weighted by molar-refractivity contribution is 14.0. The molecule has 2 fully saturated rings. The van der Waals surface area contributed by atoms with Crippen LogP contribution in [-0.4, -0.2) is 62.6 Å². The van der Waals surface area contributed by atoms with Gasteiger partial charge in [-0.1, -0.05) is 19.8 Å². The summed E-state index contributed by atoms with van der Waals surface area (Å²) < 4.78 is 0. The molecule has 1 N–H and O–H groups in total. The Hall–Kier alpha value is -0.0400. The molecule has 4 nitrogen and oxygen atoms in total. The molecule has 1 heterocycles. The smallest absolute Gasteiger partial charge is 0.193 e. The lowest BCUT2D eigenvalue weighted by atomic mass is 9.83. The molecule has 1 aliphatic heterocycles. The highest BCUT2D eigenvalue weighted by Crippen LogP contribution is 2.28. The van der Waals surface area contributed by atoms with Gasteiger partial charge in [-0.2, -0.15) is 0 Å². The van der Waals surface area contributed by atoms with Crippen LogP contribution in [0.1, 0.15) is 51.9 Å². The number of hydrogen-bond donors (Lipinski definition) is 1. The van der Waals surface area contributed by atoms with Gasteiger partial charge in [-0.3, -0.25) is 4.99 Å². The van der Waals surface area contributed by atoms with E-state index in [-0.39, 0.29) is 24.0 Å². The van der Waals surface area contributed by atoms with E-state index in [1.807, 2.05) is 7.05 Å². The van der Waals surface area contributed by atoms with Gasteiger partial charge in [0, 0.05) is 27.2 Å². The highest BCUT2D eigenvalue weighted by atomic mass is 127. The van der Waals surface area contributed by atoms with E-state index < -0.39 is 0 Å². The van der Waals surface area contributed by atoms with Crippen LogP contribution in [0, 0.1) is 11.8 Å². The predicted molar refractivity (Wildman–Crippen MR) is 111 cm³/mol. The summed E-state index contributed by atoms with van der Waals surface area (Å²) in [5, 5.41) is 3.54. The zero-order chi connectivity index (χ0) is 15.8. The number of hydrogen-bond acceptors (Lipinski definition) is 2. The fourth-order valence-electron chi connectivity index (χ4n) is 3.88. The van der Waals surface area contributed by atoms with Crippen molar-refractivity contribution in [2.24, 2.45) is 16.8 Å². The second kappa shape index (κ2) is 11.5. The lowest BCUT2D eigenvalue weighted by molar-refractivity contribution is 0.250. The summed E-state index contributed by atoms with van der Waals surface area (Å²) in [5.41, 5.74) is 0. The molecule has 2 rings (SSSR count). The number of nitrogens with zero attached hydrogens (tertiary/aromatic N) is 3. The van der Waals surface area contributed by atoms with Gasteiger partial charge in [0.2, 0.25) is 0 Å². The van der Waals surface area contributed by atoms with Crippen LogP contribution < -0.4 is 5.32 Å². The Morgan fingerprint density at radius 1 is 1.17 bits per heavy atom. The van der Waals surface area contributed by atoms with Crippen LogP contribution in [0.2, 0.25) is 0 Å². The molecule has 0 amide bonds. The number of likely N-dealkylation sites (tertiary alicyclic amines) is 1. The van der Waals surface area contributed by atoms with E-state index in [0.717, 1.165) is 30.9 Å². The maximum Gasteiger partial charge on any atom is 0.193 e. The summed E-state index contributed by atoms with van der Waals surface area (Å²) in [5.74, 6) is 2.86. The Balaban J connectivity index is 0.00000264. The van der Waals surface area contributed by atoms with Crippen molar-refractivity contribution in [2.75, 3.05) is 46.8 Å². The first kappa shape index (κ1) is 21.0. The first-order chi connectivity index (χ1) is 10.7. The number of halogens is 1. The Morgan fingerprint density at radius 3 is 2.43 bits per heavy atom. The third-order valence-electron chi connectivity index (χ3n) is 5.37. The van der Waals surface area contributed by atoms with Gasteiger partial charge >= 0.3 is 0 Å². The second-order valence-corrected chi connectivity index (χ2v) is 7.38. The van der Waals surface area contributed by atoms with Crippen LogP contribution in [-0.2, 0) is 0 Å². The van der Waals surface area contributed by atoms with Crippen LogP contribution >= 0.6 is 24.0 Å². The zero-order valence-electron chi connectivity index (χ0n) is 15.4. The topological polar surface area (TPSA) is 30.9 Å². The van der Waals surface area contributed by atoms with Crippen molar-refractivity contribution in [1.82, 2.24) is 15.1 Å². The van der Waals surface area contributed by atoms with E-state index in [9.17, 15) is 0 Å². The van der Waals surface area contributed by atoms with Gasteiger partial charge in [0.05, 0.1) is 0 Å². The van der Waals surface area contributed by atoms with Gasteiger partial charge in [-0.15, -0.1) is 24.0 Å². The Kier molecular flexibility index (Phi) is 10.5. The molecule has 0 aromatic rings. The molecular weight excluding hydrogens is 399 g/mol. The number of guanidine groups is 1. The molecule has 1 aliphatic carbocycles. The number of rotatable bonds is 6. The van der Waals surface area contributed by atoms with Gasteiger partial charge in [-0.25, -0.2) is 0 Å². The summed E-state index contributed by atoms with van der Waals surface area (Å²) in [7, 11) is 4.09. The minimum Gasteiger partial charge on any atom is -0.356 e. The molecule has 5 heteroatoms. The van der Waals surface area contributed by atoms with Crippen molar-refractivity contribution in [3.63, 3.8) is 0 Å². The third kappa shape index (κ3) is 7.59. The van der Waals surface area contributed by atoms with Crippen LogP contribution in [0.5, 0.6) is 0 Å². The van der Waals surface area contributed by atoms with E-state index in [0.29, 0.717) is 0 Å². The first-order valence-electron chi connectivity index (χ1n) is 9.33. The molecule has 136 valence electrons. The van der Waals surface area contributed by atoms with Crippen molar-refractivity contribution in [1.29, 1.82) is 0 Å². The quantitative estimate of drug-likeness (QED) is 0.300. The monoisotopic (exact) mass is 436 g/mol. The molecule has 0 radical (unpaired) electrons. The van der Waals surface area contributed by atoms with Crippen LogP contribution in [0.3, 0.4) is 0 Å². The van der Waals surface area contributed by atoms with Crippen molar-refractivity contribution in [2.45, 2.75) is 51.9 Å². The van der Waals surface area contributed by atoms with Crippen LogP contribution in [0.4, 0.5) is 0 Å². The largest absolute Gasteiger partial charge is 0.356 e. The van der Waals surface area contributed by atoms with E-state index in [2.05, 4.69) is 34.1 Å². The summed E-state index contributed by atoms with van der Waals surface area (Å²) in [6.07, 6.45) is 9.57. The molecule has 0 aromatic heterocycles. The van der Waals surface area contributed by atoms with Crippen LogP contribution in [0.25, 0.3) is 0 Å². The maximum atomic E-state index is 4.46. The average molecular weight is 436 g/mol. The molecule has 0 atom stereocenters. The predicted octanol–water partition coefficient (Wildman–Crippen LogP) is 3.42. The van der Waals surface area contributed by atoms with E-state index in [4.69, 9.17) is 0 Å². The summed E-state index contributed by atoms with van der Waals surface area (Å²) in [6, 6.07) is 0. The van der Waals surface area contributed by atoms with Crippen LogP contribution in [0.15, 0.2) is 4.99 Å². The second-order valence-electron chi connectivity index (χ2n) is 7.38. The highest BCUT2D eigenvalue weighted by Gasteiger charge is 2.20. The minimum absolute atomic E-state index is 0. The van der Waals surface area contributed by atoms with Gasteiger partial charge in [0.15, 0.2) is 5.96 Å². The van der Waals surface area contributed by atoms with Crippen molar-refractivity contribution in [3.8, 4) is 0 Å². The Bertz CT molecular complexity index is 334. The molecule has 1 saturated carbocycles. The van der Waals surface area contributed by atoms with Gasteiger partial charge in [0.1, 0.15) is 0 Å². The molecule has 1 saturated heterocycles. The Morgan fingerprint density at radius 2 is 1.83 bits per heavy atom. The van der Waals surface area contributed by atoms with Gasteiger partial charge < -0.3 is 15.1 Å². The SMILES string of the molecule is CN=C(NCCCN1CCCC1)N(C)CC1CCC(C)CC1.I. The minimum atomic E-state index is 0. The maximum absolute atomic E-state index is 4.46. The lowest BCUT2D eigenvalue weighted by Crippen LogP contribution is -2.42.